The quantitative estimate of drug-likeness (QED) is 0.531. The predicted molar refractivity (Wildman–Crippen MR) is 98.4 cm³/mol. The maximum atomic E-state index is 6.31. The summed E-state index contributed by atoms with van der Waals surface area (Å²) in [5.74, 6) is 0.822. The van der Waals surface area contributed by atoms with Crippen LogP contribution in [0, 0.1) is 0 Å². The molecule has 0 aliphatic heterocycles. The fourth-order valence-electron chi connectivity index (χ4n) is 2.45. The number of aromatic nitrogens is 3. The maximum absolute atomic E-state index is 6.31. The van der Waals surface area contributed by atoms with Crippen LogP contribution < -0.4 is 10.8 Å². The number of nitrogens with one attached hydrogen (secondary N) is 1. The summed E-state index contributed by atoms with van der Waals surface area (Å²) in [5, 5.41) is 8.31. The summed E-state index contributed by atoms with van der Waals surface area (Å²) in [6.45, 7) is 4.20. The van der Waals surface area contributed by atoms with Crippen molar-refractivity contribution in [2.45, 2.75) is 13.3 Å². The van der Waals surface area contributed by atoms with Crippen LogP contribution in [0.2, 0.25) is 5.02 Å². The second kappa shape index (κ2) is 7.68. The molecule has 0 saturated carbocycles. The van der Waals surface area contributed by atoms with E-state index in [0.29, 0.717) is 16.1 Å². The van der Waals surface area contributed by atoms with Crippen molar-refractivity contribution in [3.63, 3.8) is 0 Å². The van der Waals surface area contributed by atoms with E-state index in [0.717, 1.165) is 43.3 Å². The fraction of sp³-hybridized carbons (Fsp3) is 0.294. The van der Waals surface area contributed by atoms with Gasteiger partial charge in [-0.2, -0.15) is 9.61 Å². The number of nitrogens with zero attached hydrogens (tertiary/aromatic N) is 3. The third kappa shape index (κ3) is 3.55. The number of hydrogen-bond acceptors (Lipinski definition) is 4. The van der Waals surface area contributed by atoms with Crippen LogP contribution in [-0.2, 0) is 4.74 Å². The molecule has 0 aliphatic rings. The van der Waals surface area contributed by atoms with Gasteiger partial charge in [0.05, 0.1) is 5.69 Å². The van der Waals surface area contributed by atoms with Crippen LogP contribution in [0.15, 0.2) is 36.5 Å². The Balaban J connectivity index is 1.94. The molecule has 1 aromatic carbocycles. The number of fused-ring (bicyclic) bond motifs is 1. The van der Waals surface area contributed by atoms with E-state index < -0.39 is 0 Å². The van der Waals surface area contributed by atoms with E-state index in [4.69, 9.17) is 24.2 Å². The summed E-state index contributed by atoms with van der Waals surface area (Å²) >= 11 is 6.31. The molecule has 3 aromatic rings. The van der Waals surface area contributed by atoms with Crippen molar-refractivity contribution in [2.75, 3.05) is 25.1 Å². The summed E-state index contributed by atoms with van der Waals surface area (Å²) in [7, 11) is 6.00. The van der Waals surface area contributed by atoms with Gasteiger partial charge >= 0.3 is 0 Å². The molecular formula is C17H18BClN4O. The van der Waals surface area contributed by atoms with E-state index in [9.17, 15) is 0 Å². The molecule has 0 unspecified atom stereocenters. The van der Waals surface area contributed by atoms with Gasteiger partial charge in [-0.25, -0.2) is 4.98 Å². The van der Waals surface area contributed by atoms with Crippen LogP contribution in [-0.4, -0.2) is 42.2 Å². The summed E-state index contributed by atoms with van der Waals surface area (Å²) in [4.78, 5) is 4.61. The summed E-state index contributed by atoms with van der Waals surface area (Å²) < 4.78 is 7.06. The molecule has 0 spiro atoms. The van der Waals surface area contributed by atoms with Crippen LogP contribution >= 0.6 is 11.6 Å². The van der Waals surface area contributed by atoms with Gasteiger partial charge in [0.1, 0.15) is 13.7 Å². The van der Waals surface area contributed by atoms with Crippen LogP contribution in [0.4, 0.5) is 5.82 Å². The smallest absolute Gasteiger partial charge is 0.150 e. The van der Waals surface area contributed by atoms with Crippen molar-refractivity contribution in [3.8, 4) is 11.3 Å². The second-order valence-electron chi connectivity index (χ2n) is 5.32. The molecule has 24 heavy (non-hydrogen) atoms. The molecule has 0 amide bonds. The third-order valence-corrected chi connectivity index (χ3v) is 3.95. The van der Waals surface area contributed by atoms with Crippen molar-refractivity contribution in [1.82, 2.24) is 14.6 Å². The van der Waals surface area contributed by atoms with Gasteiger partial charge in [0.2, 0.25) is 0 Å². The van der Waals surface area contributed by atoms with Gasteiger partial charge in [-0.15, -0.1) is 0 Å². The van der Waals surface area contributed by atoms with Gasteiger partial charge in [-0.3, -0.25) is 0 Å². The Morgan fingerprint density at radius 1 is 1.33 bits per heavy atom. The zero-order chi connectivity index (χ0) is 16.9. The number of rotatable bonds is 7. The Kier molecular flexibility index (Phi) is 5.38. The number of hydrogen-bond donors (Lipinski definition) is 1. The standard InChI is InChI=1S/C17H18BClN4O/c1-2-24-9-5-8-20-16-10-15(12-6-3-4-7-14(12)19)22-17-13(18)11-21-23(16)17/h3-4,6-7,10-11,20H,2,5,8-9H2,1H3. The van der Waals surface area contributed by atoms with Crippen molar-refractivity contribution < 1.29 is 4.74 Å². The molecule has 0 fully saturated rings. The largest absolute Gasteiger partial charge is 0.382 e. The molecule has 2 radical (unpaired) electrons. The third-order valence-electron chi connectivity index (χ3n) is 3.62. The topological polar surface area (TPSA) is 51.5 Å². The van der Waals surface area contributed by atoms with Crippen LogP contribution in [0.25, 0.3) is 16.9 Å². The first kappa shape index (κ1) is 16.8. The number of anilines is 1. The maximum Gasteiger partial charge on any atom is 0.150 e. The molecule has 5 nitrogen and oxygen atoms in total. The van der Waals surface area contributed by atoms with E-state index in [1.54, 1.807) is 10.7 Å². The molecule has 0 atom stereocenters. The SMILES string of the molecule is [B]c1cnn2c(NCCCOCC)cc(-c3ccccc3Cl)nc12. The number of benzene rings is 1. The van der Waals surface area contributed by atoms with Gasteiger partial charge in [0.25, 0.3) is 0 Å². The number of ether oxygens (including phenoxy) is 1. The van der Waals surface area contributed by atoms with E-state index in [1.165, 1.54) is 0 Å². The monoisotopic (exact) mass is 340 g/mol. The minimum atomic E-state index is 0.529. The Morgan fingerprint density at radius 3 is 2.96 bits per heavy atom. The fourth-order valence-corrected chi connectivity index (χ4v) is 2.68. The molecular weight excluding hydrogens is 322 g/mol. The van der Waals surface area contributed by atoms with Gasteiger partial charge in [0, 0.05) is 42.6 Å². The lowest BCUT2D eigenvalue weighted by Gasteiger charge is -2.12. The second-order valence-corrected chi connectivity index (χ2v) is 5.73. The Hall–Kier alpha value is -2.05. The normalized spacial score (nSPS) is 11.1. The average Bonchev–Trinajstić information content (AvgIpc) is 2.96. The van der Waals surface area contributed by atoms with E-state index in [-0.39, 0.29) is 0 Å². The summed E-state index contributed by atoms with van der Waals surface area (Å²) in [5.41, 5.74) is 2.76. The Labute approximate surface area is 147 Å². The predicted octanol–water partition coefficient (Wildman–Crippen LogP) is 2.68. The van der Waals surface area contributed by atoms with Gasteiger partial charge in [-0.1, -0.05) is 29.8 Å². The molecule has 2 aromatic heterocycles. The Morgan fingerprint density at radius 2 is 2.17 bits per heavy atom. The molecule has 0 bridgehead atoms. The average molecular weight is 341 g/mol. The first-order valence-electron chi connectivity index (χ1n) is 7.91. The van der Waals surface area contributed by atoms with Crippen molar-refractivity contribution in [1.29, 1.82) is 0 Å². The zero-order valence-corrected chi connectivity index (χ0v) is 14.3. The van der Waals surface area contributed by atoms with Gasteiger partial charge in [-0.05, 0) is 24.9 Å². The lowest BCUT2D eigenvalue weighted by atomic mass is 10.0. The minimum absolute atomic E-state index is 0.529. The highest BCUT2D eigenvalue weighted by molar-refractivity contribution is 6.36. The molecule has 2 heterocycles. The molecule has 0 aliphatic carbocycles. The van der Waals surface area contributed by atoms with Crippen molar-refractivity contribution in [2.24, 2.45) is 0 Å². The van der Waals surface area contributed by atoms with Crippen LogP contribution in [0.1, 0.15) is 13.3 Å². The van der Waals surface area contributed by atoms with Gasteiger partial charge < -0.3 is 10.1 Å². The van der Waals surface area contributed by atoms with E-state index in [2.05, 4.69) is 15.4 Å². The highest BCUT2D eigenvalue weighted by atomic mass is 35.5. The van der Waals surface area contributed by atoms with E-state index in [1.807, 2.05) is 37.3 Å². The molecule has 122 valence electrons. The van der Waals surface area contributed by atoms with Crippen LogP contribution in [0.3, 0.4) is 0 Å². The molecule has 0 saturated heterocycles. The van der Waals surface area contributed by atoms with Crippen molar-refractivity contribution >= 4 is 36.4 Å². The highest BCUT2D eigenvalue weighted by Crippen LogP contribution is 2.28. The Bertz CT molecular complexity index is 837. The summed E-state index contributed by atoms with van der Waals surface area (Å²) in [6, 6.07) is 9.54. The summed E-state index contributed by atoms with van der Waals surface area (Å²) in [6.07, 6.45) is 2.50. The zero-order valence-electron chi connectivity index (χ0n) is 13.5. The molecule has 3 rings (SSSR count). The lowest BCUT2D eigenvalue weighted by molar-refractivity contribution is 0.147. The highest BCUT2D eigenvalue weighted by Gasteiger charge is 2.12. The van der Waals surface area contributed by atoms with E-state index >= 15 is 0 Å². The number of halogens is 1. The minimum Gasteiger partial charge on any atom is -0.382 e. The lowest BCUT2D eigenvalue weighted by Crippen LogP contribution is -2.11. The van der Waals surface area contributed by atoms with Gasteiger partial charge in [0.15, 0.2) is 5.65 Å². The molecule has 7 heteroatoms. The van der Waals surface area contributed by atoms with Crippen molar-refractivity contribution in [3.05, 3.63) is 41.6 Å². The van der Waals surface area contributed by atoms with Crippen LogP contribution in [0.5, 0.6) is 0 Å². The first-order valence-corrected chi connectivity index (χ1v) is 8.29. The first-order chi connectivity index (χ1) is 11.7. The molecule has 1 N–H and O–H groups in total.